The maximum absolute atomic E-state index is 5.66. The van der Waals surface area contributed by atoms with Gasteiger partial charge in [-0.15, -0.1) is 0 Å². The first-order chi connectivity index (χ1) is 11.3. The summed E-state index contributed by atoms with van der Waals surface area (Å²) < 4.78 is 13.0. The van der Waals surface area contributed by atoms with E-state index in [1.807, 2.05) is 19.4 Å². The first-order valence-electron chi connectivity index (χ1n) is 8.47. The van der Waals surface area contributed by atoms with Gasteiger partial charge in [-0.2, -0.15) is 5.10 Å². The van der Waals surface area contributed by atoms with E-state index < -0.39 is 0 Å². The van der Waals surface area contributed by atoms with Crippen LogP contribution in [0.25, 0.3) is 0 Å². The van der Waals surface area contributed by atoms with Crippen LogP contribution in [-0.2, 0) is 23.1 Å². The minimum Gasteiger partial charge on any atom is -0.379 e. The van der Waals surface area contributed by atoms with Crippen LogP contribution in [0.1, 0.15) is 31.7 Å². The summed E-state index contributed by atoms with van der Waals surface area (Å²) in [5.74, 6) is 0.829. The average Bonchev–Trinajstić information content (AvgIpc) is 3.19. The predicted octanol–water partition coefficient (Wildman–Crippen LogP) is 1.06. The molecule has 1 atom stereocenters. The summed E-state index contributed by atoms with van der Waals surface area (Å²) in [5, 5.41) is 10.7. The molecule has 0 saturated carbocycles. The highest BCUT2D eigenvalue weighted by Crippen LogP contribution is 2.11. The molecule has 1 saturated heterocycles. The van der Waals surface area contributed by atoms with Crippen LogP contribution in [0.15, 0.2) is 17.4 Å². The Morgan fingerprint density at radius 2 is 2.43 bits per heavy atom. The number of rotatable bonds is 9. The van der Waals surface area contributed by atoms with E-state index in [2.05, 4.69) is 27.6 Å². The molecule has 1 aromatic heterocycles. The van der Waals surface area contributed by atoms with Crippen LogP contribution in [0.3, 0.4) is 0 Å². The number of nitrogens with one attached hydrogen (secondary N) is 2. The summed E-state index contributed by atoms with van der Waals surface area (Å²) in [7, 11) is 1.91. The molecule has 2 N–H and O–H groups in total. The molecule has 7 heteroatoms. The van der Waals surface area contributed by atoms with Gasteiger partial charge in [0.05, 0.1) is 25.5 Å². The van der Waals surface area contributed by atoms with Crippen molar-refractivity contribution in [3.63, 3.8) is 0 Å². The summed E-state index contributed by atoms with van der Waals surface area (Å²) in [6.07, 6.45) is 7.36. The number of aryl methyl sites for hydroxylation is 1. The standard InChI is InChI=1S/C16H29N5O2/c1-3-17-16(19-10-14-11-20-21(2)12-14)18-7-5-8-22-13-15-6-4-9-23-15/h11-12,15H,3-10,13H2,1-2H3,(H2,17,18,19). The number of aliphatic imine (C=N–C) groups is 1. The molecule has 23 heavy (non-hydrogen) atoms. The summed E-state index contributed by atoms with van der Waals surface area (Å²) >= 11 is 0. The van der Waals surface area contributed by atoms with Crippen LogP contribution in [-0.4, -0.2) is 54.8 Å². The first kappa shape index (κ1) is 17.7. The Balaban J connectivity index is 1.59. The molecule has 0 aliphatic carbocycles. The van der Waals surface area contributed by atoms with Crippen molar-refractivity contribution in [3.8, 4) is 0 Å². The fourth-order valence-electron chi connectivity index (χ4n) is 2.44. The lowest BCUT2D eigenvalue weighted by Crippen LogP contribution is -2.38. The fourth-order valence-corrected chi connectivity index (χ4v) is 2.44. The molecule has 7 nitrogen and oxygen atoms in total. The summed E-state index contributed by atoms with van der Waals surface area (Å²) in [5.41, 5.74) is 1.10. The van der Waals surface area contributed by atoms with Gasteiger partial charge in [0.25, 0.3) is 0 Å². The van der Waals surface area contributed by atoms with E-state index in [-0.39, 0.29) is 0 Å². The minimum absolute atomic E-state index is 0.307. The zero-order valence-electron chi connectivity index (χ0n) is 14.3. The van der Waals surface area contributed by atoms with Crippen LogP contribution in [0.5, 0.6) is 0 Å². The molecule has 1 aromatic rings. The zero-order chi connectivity index (χ0) is 16.3. The maximum atomic E-state index is 5.66. The smallest absolute Gasteiger partial charge is 0.191 e. The van der Waals surface area contributed by atoms with Gasteiger partial charge < -0.3 is 20.1 Å². The van der Waals surface area contributed by atoms with Crippen molar-refractivity contribution in [1.29, 1.82) is 0 Å². The van der Waals surface area contributed by atoms with Crippen molar-refractivity contribution in [2.24, 2.45) is 12.0 Å². The Labute approximate surface area is 138 Å². The van der Waals surface area contributed by atoms with Gasteiger partial charge in [-0.1, -0.05) is 0 Å². The molecule has 1 aliphatic rings. The Kier molecular flexibility index (Phi) is 7.89. The van der Waals surface area contributed by atoms with Crippen molar-refractivity contribution in [3.05, 3.63) is 18.0 Å². The summed E-state index contributed by atoms with van der Waals surface area (Å²) in [6.45, 7) is 6.71. The van der Waals surface area contributed by atoms with Gasteiger partial charge in [-0.3, -0.25) is 4.68 Å². The van der Waals surface area contributed by atoms with Crippen molar-refractivity contribution >= 4 is 5.96 Å². The third-order valence-electron chi connectivity index (χ3n) is 3.61. The molecular weight excluding hydrogens is 294 g/mol. The molecule has 0 spiro atoms. The molecule has 130 valence electrons. The van der Waals surface area contributed by atoms with E-state index in [0.717, 1.165) is 63.7 Å². The highest BCUT2D eigenvalue weighted by molar-refractivity contribution is 5.79. The molecule has 1 unspecified atom stereocenters. The van der Waals surface area contributed by atoms with Crippen LogP contribution < -0.4 is 10.6 Å². The van der Waals surface area contributed by atoms with Gasteiger partial charge in [0, 0.05) is 45.1 Å². The second-order valence-electron chi connectivity index (χ2n) is 5.71. The van der Waals surface area contributed by atoms with Gasteiger partial charge in [-0.25, -0.2) is 4.99 Å². The number of nitrogens with zero attached hydrogens (tertiary/aromatic N) is 3. The molecule has 2 rings (SSSR count). The summed E-state index contributed by atoms with van der Waals surface area (Å²) in [4.78, 5) is 4.56. The Hall–Kier alpha value is -1.60. The zero-order valence-corrected chi connectivity index (χ0v) is 14.3. The second kappa shape index (κ2) is 10.2. The molecule has 1 fully saturated rings. The predicted molar refractivity (Wildman–Crippen MR) is 90.4 cm³/mol. The molecule has 0 bridgehead atoms. The van der Waals surface area contributed by atoms with Crippen LogP contribution in [0.2, 0.25) is 0 Å². The van der Waals surface area contributed by atoms with Crippen LogP contribution in [0, 0.1) is 0 Å². The third kappa shape index (κ3) is 7.00. The molecule has 2 heterocycles. The lowest BCUT2D eigenvalue weighted by Gasteiger charge is -2.12. The largest absolute Gasteiger partial charge is 0.379 e. The number of ether oxygens (including phenoxy) is 2. The van der Waals surface area contributed by atoms with E-state index >= 15 is 0 Å². The third-order valence-corrected chi connectivity index (χ3v) is 3.61. The van der Waals surface area contributed by atoms with Crippen molar-refractivity contribution < 1.29 is 9.47 Å². The highest BCUT2D eigenvalue weighted by atomic mass is 16.5. The molecular formula is C16H29N5O2. The Morgan fingerprint density at radius 3 is 3.13 bits per heavy atom. The van der Waals surface area contributed by atoms with Crippen LogP contribution in [0.4, 0.5) is 0 Å². The first-order valence-corrected chi connectivity index (χ1v) is 8.47. The fraction of sp³-hybridized carbons (Fsp3) is 0.750. The van der Waals surface area contributed by atoms with E-state index in [1.165, 1.54) is 0 Å². The lowest BCUT2D eigenvalue weighted by atomic mass is 10.2. The molecule has 0 aromatic carbocycles. The quantitative estimate of drug-likeness (QED) is 0.404. The highest BCUT2D eigenvalue weighted by Gasteiger charge is 2.14. The van der Waals surface area contributed by atoms with Crippen molar-refractivity contribution in [2.75, 3.05) is 32.9 Å². The maximum Gasteiger partial charge on any atom is 0.191 e. The number of hydrogen-bond donors (Lipinski definition) is 2. The van der Waals surface area contributed by atoms with Crippen molar-refractivity contribution in [1.82, 2.24) is 20.4 Å². The number of hydrogen-bond acceptors (Lipinski definition) is 4. The van der Waals surface area contributed by atoms with Gasteiger partial charge in [-0.05, 0) is 26.2 Å². The lowest BCUT2D eigenvalue weighted by molar-refractivity contribution is 0.0168. The molecule has 0 amide bonds. The van der Waals surface area contributed by atoms with Crippen molar-refractivity contribution in [2.45, 2.75) is 38.8 Å². The average molecular weight is 323 g/mol. The SMILES string of the molecule is CCNC(=NCc1cnn(C)c1)NCCCOCC1CCCO1. The van der Waals surface area contributed by atoms with Crippen LogP contribution >= 0.6 is 0 Å². The van der Waals surface area contributed by atoms with Gasteiger partial charge >= 0.3 is 0 Å². The topological polar surface area (TPSA) is 72.7 Å². The van der Waals surface area contributed by atoms with Gasteiger partial charge in [0.2, 0.25) is 0 Å². The second-order valence-corrected chi connectivity index (χ2v) is 5.71. The minimum atomic E-state index is 0.307. The Morgan fingerprint density at radius 1 is 1.52 bits per heavy atom. The Bertz CT molecular complexity index is 469. The molecule has 0 radical (unpaired) electrons. The summed E-state index contributed by atoms with van der Waals surface area (Å²) in [6, 6.07) is 0. The number of guanidine groups is 1. The van der Waals surface area contributed by atoms with Gasteiger partial charge in [0.15, 0.2) is 5.96 Å². The molecule has 1 aliphatic heterocycles. The van der Waals surface area contributed by atoms with E-state index in [9.17, 15) is 0 Å². The van der Waals surface area contributed by atoms with E-state index in [4.69, 9.17) is 9.47 Å². The normalized spacial score (nSPS) is 18.3. The monoisotopic (exact) mass is 323 g/mol. The number of aromatic nitrogens is 2. The van der Waals surface area contributed by atoms with E-state index in [0.29, 0.717) is 12.6 Å². The van der Waals surface area contributed by atoms with E-state index in [1.54, 1.807) is 4.68 Å². The van der Waals surface area contributed by atoms with Gasteiger partial charge in [0.1, 0.15) is 0 Å².